The number of ether oxygens (including phenoxy) is 2. The molecule has 15 heteroatoms. The molecule has 2 aromatic heterocycles. The summed E-state index contributed by atoms with van der Waals surface area (Å²) in [5, 5.41) is 29.6. The number of carbonyl (C=O) groups excluding carboxylic acids is 1. The van der Waals surface area contributed by atoms with Crippen molar-refractivity contribution in [1.82, 2.24) is 19.7 Å². The maximum Gasteiger partial charge on any atom is 0.459 e. The summed E-state index contributed by atoms with van der Waals surface area (Å²) in [6.07, 6.45) is 4.63. The zero-order valence-corrected chi connectivity index (χ0v) is 29.5. The number of hydrogen-bond acceptors (Lipinski definition) is 12. The van der Waals surface area contributed by atoms with E-state index in [9.17, 15) is 19.6 Å². The maximum absolute atomic E-state index is 14.4. The molecule has 1 aliphatic heterocycles. The average molecular weight is 699 g/mol. The first-order valence-corrected chi connectivity index (χ1v) is 18.3. The van der Waals surface area contributed by atoms with E-state index in [0.29, 0.717) is 16.6 Å². The molecule has 0 bridgehead atoms. The number of nitrogen functional groups attached to an aromatic ring is 1. The van der Waals surface area contributed by atoms with Gasteiger partial charge in [0.05, 0.1) is 12.3 Å². The molecule has 0 radical (unpaired) electrons. The predicted octanol–water partition coefficient (Wildman–Crippen LogP) is 4.07. The molecule has 6 atom stereocenters. The van der Waals surface area contributed by atoms with E-state index < -0.39 is 50.3 Å². The maximum atomic E-state index is 14.4. The molecule has 3 heterocycles. The number of fused-ring (bicyclic) bond motifs is 1. The first kappa shape index (κ1) is 35.4. The van der Waals surface area contributed by atoms with Crippen LogP contribution in [0.5, 0.6) is 5.75 Å². The highest BCUT2D eigenvalue weighted by Crippen LogP contribution is 2.54. The van der Waals surface area contributed by atoms with Gasteiger partial charge in [-0.1, -0.05) is 45.7 Å². The normalized spacial score (nSPS) is 27.4. The number of aliphatic hydroxyl groups excluding tert-OH is 2. The molecular formula is C34H47N6O8P. The molecular weight excluding hydrogens is 651 g/mol. The molecule has 3 fully saturated rings. The van der Waals surface area contributed by atoms with Gasteiger partial charge < -0.3 is 29.9 Å². The number of carbonyl (C=O) groups is 1. The van der Waals surface area contributed by atoms with Crippen molar-refractivity contribution >= 4 is 31.3 Å². The van der Waals surface area contributed by atoms with Crippen molar-refractivity contribution in [3.63, 3.8) is 0 Å². The number of aliphatic imine (C=N–C) groups is 1. The van der Waals surface area contributed by atoms with Gasteiger partial charge in [-0.3, -0.25) is 14.3 Å². The molecule has 49 heavy (non-hydrogen) atoms. The number of aromatic nitrogens is 3. The Kier molecular flexibility index (Phi) is 9.68. The molecule has 0 amide bonds. The molecule has 2 aliphatic carbocycles. The molecule has 6 rings (SSSR count). The molecule has 1 aromatic carbocycles. The SMILES string of the molecule is C/N=C/[C@@]1(c2ccc3c(N)ncnn23)O[C@H](COP(=O)(N[C@@H](C)C(=O)OC2CC3(CCCC3)C2)Oc2ccc(C(C)(C)C)cc2)[C@@H](O)[C@H]1O. The lowest BCUT2D eigenvalue weighted by Crippen LogP contribution is -2.45. The summed E-state index contributed by atoms with van der Waals surface area (Å²) in [7, 11) is -2.83. The van der Waals surface area contributed by atoms with Crippen molar-refractivity contribution in [2.45, 2.75) is 108 Å². The van der Waals surface area contributed by atoms with Crippen molar-refractivity contribution in [2.75, 3.05) is 19.4 Å². The molecule has 1 spiro atoms. The van der Waals surface area contributed by atoms with Gasteiger partial charge in [0.25, 0.3) is 0 Å². The van der Waals surface area contributed by atoms with Gasteiger partial charge in [0, 0.05) is 13.3 Å². The third-order valence-corrected chi connectivity index (χ3v) is 11.7. The van der Waals surface area contributed by atoms with E-state index in [0.717, 1.165) is 31.2 Å². The summed E-state index contributed by atoms with van der Waals surface area (Å²) >= 11 is 0. The van der Waals surface area contributed by atoms with Crippen molar-refractivity contribution in [2.24, 2.45) is 10.4 Å². The summed E-state index contributed by atoms with van der Waals surface area (Å²) in [5.41, 5.74) is 6.36. The number of anilines is 1. The summed E-state index contributed by atoms with van der Waals surface area (Å²) < 4.78 is 39.7. The van der Waals surface area contributed by atoms with Gasteiger partial charge in [0.1, 0.15) is 48.1 Å². The summed E-state index contributed by atoms with van der Waals surface area (Å²) in [5.74, 6) is -0.121. The number of nitrogens with two attached hydrogens (primary N) is 1. The Balaban J connectivity index is 1.21. The molecule has 5 N–H and O–H groups in total. The smallest absolute Gasteiger partial charge is 0.459 e. The number of hydrogen-bond donors (Lipinski definition) is 4. The van der Waals surface area contributed by atoms with E-state index in [-0.39, 0.29) is 23.1 Å². The fourth-order valence-electron chi connectivity index (χ4n) is 7.30. The van der Waals surface area contributed by atoms with Gasteiger partial charge in [0.15, 0.2) is 11.4 Å². The van der Waals surface area contributed by atoms with Gasteiger partial charge >= 0.3 is 13.7 Å². The van der Waals surface area contributed by atoms with Crippen LogP contribution in [0.15, 0.2) is 47.7 Å². The van der Waals surface area contributed by atoms with Gasteiger partial charge in [-0.2, -0.15) is 10.2 Å². The highest BCUT2D eigenvalue weighted by atomic mass is 31.2. The Labute approximate surface area is 286 Å². The lowest BCUT2D eigenvalue weighted by atomic mass is 9.65. The molecule has 266 valence electrons. The lowest BCUT2D eigenvalue weighted by Gasteiger charge is -2.44. The minimum absolute atomic E-state index is 0.123. The van der Waals surface area contributed by atoms with Crippen LogP contribution in [0.4, 0.5) is 5.82 Å². The van der Waals surface area contributed by atoms with Crippen LogP contribution in [0.25, 0.3) is 5.52 Å². The van der Waals surface area contributed by atoms with Gasteiger partial charge in [0.2, 0.25) is 0 Å². The number of aliphatic hydroxyl groups is 2. The molecule has 3 aromatic rings. The predicted molar refractivity (Wildman–Crippen MR) is 182 cm³/mol. The van der Waals surface area contributed by atoms with E-state index >= 15 is 0 Å². The number of benzene rings is 1. The van der Waals surface area contributed by atoms with E-state index in [1.54, 1.807) is 24.3 Å². The van der Waals surface area contributed by atoms with Crippen molar-refractivity contribution in [3.05, 3.63) is 54.0 Å². The first-order valence-electron chi connectivity index (χ1n) is 16.8. The Bertz CT molecular complexity index is 1730. The highest BCUT2D eigenvalue weighted by Gasteiger charge is 2.56. The summed E-state index contributed by atoms with van der Waals surface area (Å²) in [6.45, 7) is 7.27. The Hall–Kier alpha value is -3.39. The van der Waals surface area contributed by atoms with Crippen LogP contribution in [-0.2, 0) is 34.4 Å². The Morgan fingerprint density at radius 2 is 1.90 bits per heavy atom. The second-order valence-corrected chi connectivity index (χ2v) is 16.3. The van der Waals surface area contributed by atoms with Crippen molar-refractivity contribution in [3.8, 4) is 5.75 Å². The van der Waals surface area contributed by atoms with Crippen LogP contribution >= 0.6 is 7.75 Å². The summed E-state index contributed by atoms with van der Waals surface area (Å²) in [4.78, 5) is 21.3. The third kappa shape index (κ3) is 6.99. The second kappa shape index (κ2) is 13.4. The van der Waals surface area contributed by atoms with Crippen LogP contribution in [0.1, 0.15) is 77.5 Å². The molecule has 14 nitrogen and oxygen atoms in total. The molecule has 3 aliphatic rings. The van der Waals surface area contributed by atoms with Gasteiger partial charge in [-0.25, -0.2) is 14.1 Å². The van der Waals surface area contributed by atoms with E-state index in [1.165, 1.54) is 43.9 Å². The zero-order chi connectivity index (χ0) is 35.2. The highest BCUT2D eigenvalue weighted by molar-refractivity contribution is 7.52. The monoisotopic (exact) mass is 698 g/mol. The second-order valence-electron chi connectivity index (χ2n) is 14.6. The van der Waals surface area contributed by atoms with Crippen LogP contribution < -0.4 is 15.3 Å². The summed E-state index contributed by atoms with van der Waals surface area (Å²) in [6, 6.07) is 9.33. The van der Waals surface area contributed by atoms with Crippen molar-refractivity contribution < 1.29 is 38.1 Å². The number of nitrogens with zero attached hydrogens (tertiary/aromatic N) is 4. The van der Waals surface area contributed by atoms with E-state index in [1.807, 2.05) is 12.1 Å². The van der Waals surface area contributed by atoms with E-state index in [4.69, 9.17) is 24.3 Å². The Morgan fingerprint density at radius 1 is 1.20 bits per heavy atom. The fraction of sp³-hybridized carbons (Fsp3) is 0.588. The minimum Gasteiger partial charge on any atom is -0.461 e. The van der Waals surface area contributed by atoms with Crippen molar-refractivity contribution in [1.29, 1.82) is 0 Å². The molecule has 1 unspecified atom stereocenters. The number of esters is 1. The lowest BCUT2D eigenvalue weighted by molar-refractivity contribution is -0.162. The molecule has 2 saturated carbocycles. The standard InChI is InChI=1S/C34H47N6O8P/c1-21(31(43)46-24-16-33(17-24)14-6-7-15-33)39-49(44,48-23-10-8-22(9-11-23)32(2,3)4)45-18-26-28(41)29(42)34(47-26,19-36-5)27-13-12-25-30(35)37-20-38-40(25)27/h8-13,19-21,24,26,28-29,41-42H,6-7,14-18H2,1-5H3,(H,39,44)(H2,35,37,38)/b36-19+/t21-,26+,28+,29+,34-,49?/m0/s1. The number of nitrogens with one attached hydrogen (secondary N) is 1. The van der Waals surface area contributed by atoms with Crippen LogP contribution in [-0.4, -0.2) is 81.1 Å². The average Bonchev–Trinajstić information content (AvgIpc) is 3.75. The van der Waals surface area contributed by atoms with Crippen LogP contribution in [0, 0.1) is 5.41 Å². The topological polar surface area (TPSA) is 192 Å². The largest absolute Gasteiger partial charge is 0.461 e. The third-order valence-electron chi connectivity index (χ3n) is 10.0. The van der Waals surface area contributed by atoms with Crippen LogP contribution in [0.2, 0.25) is 0 Å². The fourth-order valence-corrected chi connectivity index (χ4v) is 8.80. The Morgan fingerprint density at radius 3 is 2.55 bits per heavy atom. The van der Waals surface area contributed by atoms with Gasteiger partial charge in [-0.05, 0) is 73.3 Å². The minimum atomic E-state index is -4.33. The molecule has 1 saturated heterocycles. The first-order chi connectivity index (χ1) is 23.2. The van der Waals surface area contributed by atoms with Crippen LogP contribution in [0.3, 0.4) is 0 Å². The van der Waals surface area contributed by atoms with Gasteiger partial charge in [-0.15, -0.1) is 0 Å². The quantitative estimate of drug-likeness (QED) is 0.128. The number of rotatable bonds is 11. The van der Waals surface area contributed by atoms with E-state index in [2.05, 4.69) is 40.9 Å². The zero-order valence-electron chi connectivity index (χ0n) is 28.6.